The molecule has 1 aliphatic heterocycles. The molecule has 1 saturated heterocycles. The van der Waals surface area contributed by atoms with E-state index >= 15 is 0 Å². The SMILES string of the molecule is CC(C)(C)OC(=O)N1CCC(C2c3ccc(Cl)cc3CCc3cc(Br)cnc32)CC1COO. The Morgan fingerprint density at radius 3 is 2.76 bits per heavy atom. The number of ether oxygens (including phenoxy) is 1. The highest BCUT2D eigenvalue weighted by atomic mass is 79.9. The van der Waals surface area contributed by atoms with Crippen molar-refractivity contribution in [3.05, 3.63) is 62.3 Å². The molecule has 4 rings (SSSR count). The number of pyridine rings is 1. The molecule has 1 aliphatic carbocycles. The quantitative estimate of drug-likeness (QED) is 0.371. The van der Waals surface area contributed by atoms with Gasteiger partial charge in [-0.3, -0.25) is 10.2 Å². The molecule has 2 heterocycles. The average Bonchev–Trinajstić information content (AvgIpc) is 2.89. The summed E-state index contributed by atoms with van der Waals surface area (Å²) < 4.78 is 6.58. The zero-order valence-electron chi connectivity index (χ0n) is 19.2. The Hall–Kier alpha value is -1.67. The van der Waals surface area contributed by atoms with E-state index in [0.717, 1.165) is 34.5 Å². The van der Waals surface area contributed by atoms with Crippen LogP contribution in [0.1, 0.15) is 61.9 Å². The first-order chi connectivity index (χ1) is 15.7. The predicted octanol–water partition coefficient (Wildman–Crippen LogP) is 6.23. The Labute approximate surface area is 208 Å². The molecule has 0 radical (unpaired) electrons. The molecule has 1 amide bonds. The van der Waals surface area contributed by atoms with Gasteiger partial charge in [0.25, 0.3) is 0 Å². The van der Waals surface area contributed by atoms with E-state index in [-0.39, 0.29) is 30.6 Å². The van der Waals surface area contributed by atoms with E-state index in [2.05, 4.69) is 39.0 Å². The number of amides is 1. The van der Waals surface area contributed by atoms with Crippen LogP contribution in [-0.2, 0) is 22.5 Å². The molecule has 2 aliphatic rings. The first-order valence-corrected chi connectivity index (χ1v) is 12.5. The van der Waals surface area contributed by atoms with Crippen molar-refractivity contribution in [3.63, 3.8) is 0 Å². The molecule has 0 saturated carbocycles. The topological polar surface area (TPSA) is 71.9 Å². The van der Waals surface area contributed by atoms with E-state index in [1.165, 1.54) is 16.7 Å². The molecule has 0 spiro atoms. The minimum Gasteiger partial charge on any atom is -0.444 e. The third-order valence-corrected chi connectivity index (χ3v) is 7.16. The molecule has 1 fully saturated rings. The molecule has 1 aromatic heterocycles. The second-order valence-corrected chi connectivity index (χ2v) is 11.3. The van der Waals surface area contributed by atoms with Crippen molar-refractivity contribution in [2.45, 2.75) is 64.0 Å². The van der Waals surface area contributed by atoms with Gasteiger partial charge in [-0.05, 0) is 103 Å². The van der Waals surface area contributed by atoms with Gasteiger partial charge >= 0.3 is 6.09 Å². The maximum atomic E-state index is 12.8. The van der Waals surface area contributed by atoms with Crippen LogP contribution in [0.3, 0.4) is 0 Å². The van der Waals surface area contributed by atoms with Crippen molar-refractivity contribution in [1.29, 1.82) is 0 Å². The Balaban J connectivity index is 1.69. The third kappa shape index (κ3) is 5.53. The zero-order chi connectivity index (χ0) is 23.8. The fourth-order valence-corrected chi connectivity index (χ4v) is 5.72. The van der Waals surface area contributed by atoms with Crippen LogP contribution >= 0.6 is 27.5 Å². The monoisotopic (exact) mass is 536 g/mol. The number of carbonyl (C=O) groups is 1. The highest BCUT2D eigenvalue weighted by Gasteiger charge is 2.40. The number of fused-ring (bicyclic) bond motifs is 2. The van der Waals surface area contributed by atoms with Gasteiger partial charge in [-0.25, -0.2) is 9.68 Å². The van der Waals surface area contributed by atoms with Crippen LogP contribution in [0.5, 0.6) is 0 Å². The summed E-state index contributed by atoms with van der Waals surface area (Å²) in [5.41, 5.74) is 4.21. The molecule has 2 aromatic rings. The minimum absolute atomic E-state index is 0.0383. The lowest BCUT2D eigenvalue weighted by molar-refractivity contribution is -0.253. The summed E-state index contributed by atoms with van der Waals surface area (Å²) in [6, 6.07) is 8.00. The van der Waals surface area contributed by atoms with E-state index in [1.54, 1.807) is 4.90 Å². The van der Waals surface area contributed by atoms with Crippen molar-refractivity contribution in [2.24, 2.45) is 5.92 Å². The minimum atomic E-state index is -0.589. The van der Waals surface area contributed by atoms with Gasteiger partial charge in [-0.2, -0.15) is 0 Å². The van der Waals surface area contributed by atoms with Gasteiger partial charge in [0.1, 0.15) is 12.2 Å². The molecule has 6 nitrogen and oxygen atoms in total. The van der Waals surface area contributed by atoms with Crippen molar-refractivity contribution in [2.75, 3.05) is 13.2 Å². The zero-order valence-corrected chi connectivity index (χ0v) is 21.5. The van der Waals surface area contributed by atoms with Crippen LogP contribution in [-0.4, -0.2) is 46.0 Å². The van der Waals surface area contributed by atoms with Gasteiger partial charge in [-0.15, -0.1) is 0 Å². The van der Waals surface area contributed by atoms with Crippen molar-refractivity contribution in [1.82, 2.24) is 9.88 Å². The lowest BCUT2D eigenvalue weighted by Crippen LogP contribution is -2.50. The first kappa shape index (κ1) is 24.5. The number of aromatic nitrogens is 1. The molecule has 8 heteroatoms. The largest absolute Gasteiger partial charge is 0.444 e. The second kappa shape index (κ2) is 9.90. The van der Waals surface area contributed by atoms with Crippen molar-refractivity contribution >= 4 is 33.6 Å². The van der Waals surface area contributed by atoms with Crippen LogP contribution < -0.4 is 0 Å². The molecule has 3 unspecified atom stereocenters. The Kier molecular flexibility index (Phi) is 7.34. The molecular formula is C25H30BrClN2O4. The Morgan fingerprint density at radius 2 is 2.03 bits per heavy atom. The molecule has 33 heavy (non-hydrogen) atoms. The standard InChI is InChI=1S/C25H30BrClN2O4/c1-25(2,3)33-24(30)29-9-8-16(12-20(29)14-32-31)22-21-7-6-19(27)11-15(21)4-5-17-10-18(26)13-28-23(17)22/h6-7,10-11,13,16,20,22,31H,4-5,8-9,12,14H2,1-3H3. The number of carbonyl (C=O) groups excluding carboxylic acids is 1. The van der Waals surface area contributed by atoms with E-state index in [4.69, 9.17) is 21.3 Å². The Bertz CT molecular complexity index is 972. The van der Waals surface area contributed by atoms with Gasteiger partial charge in [-0.1, -0.05) is 17.7 Å². The van der Waals surface area contributed by atoms with Gasteiger partial charge in [0.15, 0.2) is 0 Å². The van der Waals surface area contributed by atoms with Gasteiger partial charge in [0.05, 0.1) is 11.7 Å². The summed E-state index contributed by atoms with van der Waals surface area (Å²) in [7, 11) is 0. The maximum Gasteiger partial charge on any atom is 0.410 e. The smallest absolute Gasteiger partial charge is 0.410 e. The molecule has 3 atom stereocenters. The molecule has 1 aromatic carbocycles. The van der Waals surface area contributed by atoms with E-state index in [1.807, 2.05) is 33.0 Å². The van der Waals surface area contributed by atoms with Gasteiger partial charge < -0.3 is 9.64 Å². The average molecular weight is 538 g/mol. The number of benzene rings is 1. The fourth-order valence-electron chi connectivity index (χ4n) is 5.15. The van der Waals surface area contributed by atoms with E-state index in [0.29, 0.717) is 13.0 Å². The van der Waals surface area contributed by atoms with Gasteiger partial charge in [0, 0.05) is 28.2 Å². The fraction of sp³-hybridized carbons (Fsp3) is 0.520. The highest BCUT2D eigenvalue weighted by Crippen LogP contribution is 2.44. The number of likely N-dealkylation sites (tertiary alicyclic amines) is 1. The first-order valence-electron chi connectivity index (χ1n) is 11.3. The lowest BCUT2D eigenvalue weighted by atomic mass is 9.74. The number of hydrogen-bond donors (Lipinski definition) is 1. The lowest BCUT2D eigenvalue weighted by Gasteiger charge is -2.42. The van der Waals surface area contributed by atoms with Crippen LogP contribution in [0.4, 0.5) is 4.79 Å². The van der Waals surface area contributed by atoms with Crippen LogP contribution in [0.15, 0.2) is 34.9 Å². The highest BCUT2D eigenvalue weighted by molar-refractivity contribution is 9.10. The van der Waals surface area contributed by atoms with Crippen molar-refractivity contribution in [3.8, 4) is 0 Å². The molecule has 0 bridgehead atoms. The summed E-state index contributed by atoms with van der Waals surface area (Å²) in [6.45, 7) is 6.12. The number of aryl methyl sites for hydroxylation is 2. The molecular weight excluding hydrogens is 508 g/mol. The summed E-state index contributed by atoms with van der Waals surface area (Å²) in [5.74, 6) is 0.291. The number of rotatable bonds is 3. The second-order valence-electron chi connectivity index (χ2n) is 9.93. The summed E-state index contributed by atoms with van der Waals surface area (Å²) in [4.78, 5) is 23.9. The van der Waals surface area contributed by atoms with Crippen LogP contribution in [0, 0.1) is 5.92 Å². The van der Waals surface area contributed by atoms with E-state index < -0.39 is 5.60 Å². The third-order valence-electron chi connectivity index (χ3n) is 6.49. The van der Waals surface area contributed by atoms with E-state index in [9.17, 15) is 10.1 Å². The number of hydrogen-bond acceptors (Lipinski definition) is 5. The predicted molar refractivity (Wildman–Crippen MR) is 131 cm³/mol. The van der Waals surface area contributed by atoms with Crippen LogP contribution in [0.2, 0.25) is 5.02 Å². The van der Waals surface area contributed by atoms with Crippen molar-refractivity contribution < 1.29 is 19.7 Å². The van der Waals surface area contributed by atoms with Gasteiger partial charge in [0.2, 0.25) is 0 Å². The number of piperidine rings is 1. The number of halogens is 2. The molecule has 1 N–H and O–H groups in total. The van der Waals surface area contributed by atoms with Crippen LogP contribution in [0.25, 0.3) is 0 Å². The summed E-state index contributed by atoms with van der Waals surface area (Å²) in [6.07, 6.45) is 4.74. The normalized spacial score (nSPS) is 22.8. The Morgan fingerprint density at radius 1 is 1.27 bits per heavy atom. The summed E-state index contributed by atoms with van der Waals surface area (Å²) in [5, 5.41) is 9.99. The molecule has 178 valence electrons. The maximum absolute atomic E-state index is 12.8. The summed E-state index contributed by atoms with van der Waals surface area (Å²) >= 11 is 9.92. The number of nitrogens with zero attached hydrogens (tertiary/aromatic N) is 2.